The Morgan fingerprint density at radius 3 is 1.35 bits per heavy atom. The zero-order valence-electron chi connectivity index (χ0n) is 14.3. The van der Waals surface area contributed by atoms with E-state index in [1.54, 1.807) is 6.20 Å². The summed E-state index contributed by atoms with van der Waals surface area (Å²) in [6, 6.07) is 0. The molecule has 0 unspecified atom stereocenters. The van der Waals surface area contributed by atoms with E-state index in [9.17, 15) is 0 Å². The van der Waals surface area contributed by atoms with Gasteiger partial charge < -0.3 is 4.57 Å². The first-order valence-corrected chi connectivity index (χ1v) is 7.29. The van der Waals surface area contributed by atoms with Gasteiger partial charge in [-0.25, -0.2) is 4.98 Å². The van der Waals surface area contributed by atoms with Crippen molar-refractivity contribution in [1.82, 2.24) is 9.55 Å². The standard InChI is InChI=1S/C5H7N2.3C4H9.Sn/c1-5-6-3-4-7(5)2;3*1-3-4-2;/h3H,1-2H3;3*1,3-4H2,2H3;. The van der Waals surface area contributed by atoms with Crippen molar-refractivity contribution in [3.63, 3.8) is 0 Å². The van der Waals surface area contributed by atoms with E-state index in [1.165, 1.54) is 19.3 Å². The second kappa shape index (κ2) is 27.4. The summed E-state index contributed by atoms with van der Waals surface area (Å²) >= 11 is 0. The van der Waals surface area contributed by atoms with E-state index in [-0.39, 0.29) is 23.9 Å². The number of aryl methyl sites for hydroxylation is 2. The Morgan fingerprint density at radius 1 is 1.00 bits per heavy atom. The van der Waals surface area contributed by atoms with E-state index in [0.29, 0.717) is 0 Å². The van der Waals surface area contributed by atoms with Crippen LogP contribution in [0.5, 0.6) is 0 Å². The molecule has 0 aliphatic heterocycles. The fourth-order valence-corrected chi connectivity index (χ4v) is 0.389. The summed E-state index contributed by atoms with van der Waals surface area (Å²) < 4.78 is 1.85. The van der Waals surface area contributed by atoms with Gasteiger partial charge in [-0.05, 0) is 6.92 Å². The van der Waals surface area contributed by atoms with Gasteiger partial charge in [-0.3, -0.25) is 0 Å². The minimum atomic E-state index is 0. The van der Waals surface area contributed by atoms with Crippen molar-refractivity contribution in [1.29, 1.82) is 0 Å². The van der Waals surface area contributed by atoms with Gasteiger partial charge in [0.2, 0.25) is 0 Å². The number of aromatic nitrogens is 2. The van der Waals surface area contributed by atoms with Crippen LogP contribution >= 0.6 is 0 Å². The topological polar surface area (TPSA) is 17.8 Å². The van der Waals surface area contributed by atoms with Crippen molar-refractivity contribution in [2.75, 3.05) is 0 Å². The van der Waals surface area contributed by atoms with E-state index in [1.807, 2.05) is 18.5 Å². The number of hydrogen-bond donors (Lipinski definition) is 0. The Balaban J connectivity index is -0.0000000881. The van der Waals surface area contributed by atoms with E-state index < -0.39 is 0 Å². The van der Waals surface area contributed by atoms with Crippen LogP contribution in [0.25, 0.3) is 0 Å². The average molecular weight is 385 g/mol. The van der Waals surface area contributed by atoms with Crippen LogP contribution in [0.1, 0.15) is 65.1 Å². The molecule has 0 aliphatic carbocycles. The Morgan fingerprint density at radius 2 is 1.30 bits per heavy atom. The third-order valence-electron chi connectivity index (χ3n) is 2.05. The van der Waals surface area contributed by atoms with Crippen LogP contribution in [0.2, 0.25) is 0 Å². The molecule has 3 heteroatoms. The van der Waals surface area contributed by atoms with Gasteiger partial charge in [-0.1, -0.05) is 80.1 Å². The van der Waals surface area contributed by atoms with Crippen molar-refractivity contribution in [2.45, 2.75) is 66.2 Å². The normalized spacial score (nSPS) is 7.80. The van der Waals surface area contributed by atoms with Crippen molar-refractivity contribution in [3.05, 3.63) is 39.0 Å². The number of hydrogen-bond acceptors (Lipinski definition) is 1. The molecule has 0 aromatic carbocycles. The van der Waals surface area contributed by atoms with Gasteiger partial charge in [0, 0.05) is 31.0 Å². The molecule has 0 spiro atoms. The second-order valence-electron chi connectivity index (χ2n) is 4.05. The van der Waals surface area contributed by atoms with Gasteiger partial charge in [0.05, 0.1) is 12.4 Å². The molecule has 1 rings (SSSR count). The molecule has 1 aromatic heterocycles. The van der Waals surface area contributed by atoms with E-state index in [0.717, 1.165) is 25.1 Å². The van der Waals surface area contributed by atoms with Gasteiger partial charge in [-0.2, -0.15) is 0 Å². The monoisotopic (exact) mass is 386 g/mol. The molecule has 1 aromatic rings. The zero-order valence-corrected chi connectivity index (χ0v) is 17.2. The smallest absolute Gasteiger partial charge is 0.105 e. The third kappa shape index (κ3) is 30.8. The fourth-order valence-electron chi connectivity index (χ4n) is 0.389. The molecule has 2 nitrogen and oxygen atoms in total. The number of nitrogens with zero attached hydrogens (tertiary/aromatic N) is 2. The molecule has 0 fully saturated rings. The summed E-state index contributed by atoms with van der Waals surface area (Å²) in [5.41, 5.74) is 0. The summed E-state index contributed by atoms with van der Waals surface area (Å²) in [4.78, 5) is 3.92. The maximum absolute atomic E-state index is 3.92. The SMILES string of the molecule is Cc1nc[c]n1C.[CH2]CCC.[CH2]CCC.[CH2]CCC.[Sn]. The van der Waals surface area contributed by atoms with Crippen molar-refractivity contribution >= 4 is 23.9 Å². The van der Waals surface area contributed by atoms with Crippen molar-refractivity contribution in [3.8, 4) is 0 Å². The van der Waals surface area contributed by atoms with Gasteiger partial charge in [0.1, 0.15) is 5.82 Å². The molecule has 8 radical (unpaired) electrons. The summed E-state index contributed by atoms with van der Waals surface area (Å²) in [5, 5.41) is 0. The molecule has 0 amide bonds. The van der Waals surface area contributed by atoms with E-state index in [2.05, 4.69) is 52.7 Å². The first-order valence-electron chi connectivity index (χ1n) is 7.29. The van der Waals surface area contributed by atoms with Gasteiger partial charge in [0.15, 0.2) is 0 Å². The largest absolute Gasteiger partial charge is 0.330 e. The summed E-state index contributed by atoms with van der Waals surface area (Å²) in [6.07, 6.45) is 11.4. The summed E-state index contributed by atoms with van der Waals surface area (Å²) in [5.74, 6) is 1.00. The van der Waals surface area contributed by atoms with Crippen LogP contribution in [0.4, 0.5) is 0 Å². The van der Waals surface area contributed by atoms with Crippen LogP contribution < -0.4 is 0 Å². The van der Waals surface area contributed by atoms with Gasteiger partial charge in [-0.15, -0.1) is 0 Å². The van der Waals surface area contributed by atoms with Crippen LogP contribution in [-0.4, -0.2) is 33.5 Å². The fraction of sp³-hybridized carbons (Fsp3) is 0.647. The first-order chi connectivity index (χ1) is 9.05. The molecule has 116 valence electrons. The van der Waals surface area contributed by atoms with Crippen LogP contribution in [-0.2, 0) is 7.05 Å². The first kappa shape index (κ1) is 28.2. The number of rotatable bonds is 3. The Labute approximate surface area is 145 Å². The van der Waals surface area contributed by atoms with Crippen molar-refractivity contribution in [2.24, 2.45) is 7.05 Å². The quantitative estimate of drug-likeness (QED) is 0.669. The molecule has 0 N–H and O–H groups in total. The molecule has 0 saturated heterocycles. The summed E-state index contributed by atoms with van der Waals surface area (Å²) in [7, 11) is 1.92. The van der Waals surface area contributed by atoms with Crippen LogP contribution in [0, 0.1) is 33.9 Å². The molecule has 0 aliphatic rings. The maximum atomic E-state index is 3.92. The molecule has 0 saturated carbocycles. The van der Waals surface area contributed by atoms with Gasteiger partial charge >= 0.3 is 0 Å². The van der Waals surface area contributed by atoms with E-state index >= 15 is 0 Å². The average Bonchev–Trinajstić information content (AvgIpc) is 2.83. The molecular weight excluding hydrogens is 351 g/mol. The predicted molar refractivity (Wildman–Crippen MR) is 93.3 cm³/mol. The van der Waals surface area contributed by atoms with Crippen molar-refractivity contribution < 1.29 is 0 Å². The minimum Gasteiger partial charge on any atom is -0.330 e. The minimum absolute atomic E-state index is 0. The third-order valence-corrected chi connectivity index (χ3v) is 2.05. The second-order valence-corrected chi connectivity index (χ2v) is 4.05. The van der Waals surface area contributed by atoms with Gasteiger partial charge in [0.25, 0.3) is 0 Å². The molecular formula is C17H34N2Sn. The Hall–Kier alpha value is 0.00870. The molecule has 1 heterocycles. The molecule has 20 heavy (non-hydrogen) atoms. The summed E-state index contributed by atoms with van der Waals surface area (Å²) in [6.45, 7) is 19.1. The Kier molecular flexibility index (Phi) is 38.6. The van der Waals surface area contributed by atoms with E-state index in [4.69, 9.17) is 0 Å². The Bertz CT molecular complexity index is 203. The number of imidazole rings is 1. The zero-order chi connectivity index (χ0) is 15.5. The molecule has 0 atom stereocenters. The van der Waals surface area contributed by atoms with Crippen LogP contribution in [0.3, 0.4) is 0 Å². The molecule has 0 bridgehead atoms. The predicted octanol–water partition coefficient (Wildman–Crippen LogP) is 5.01. The number of unbranched alkanes of at least 4 members (excludes halogenated alkanes) is 3. The van der Waals surface area contributed by atoms with Crippen LogP contribution in [0.15, 0.2) is 6.20 Å². The maximum Gasteiger partial charge on any atom is 0.105 e.